The molecule has 0 radical (unpaired) electrons. The molecule has 172 valence electrons. The summed E-state index contributed by atoms with van der Waals surface area (Å²) in [4.78, 5) is 24.6. The van der Waals surface area contributed by atoms with Crippen LogP contribution in [0.4, 0.5) is 21.5 Å². The van der Waals surface area contributed by atoms with Crippen molar-refractivity contribution in [3.8, 4) is 0 Å². The third-order valence-corrected chi connectivity index (χ3v) is 6.05. The minimum Gasteiger partial charge on any atom is -0.459 e. The highest BCUT2D eigenvalue weighted by atomic mass is 32.2. The van der Waals surface area contributed by atoms with Gasteiger partial charge < -0.3 is 15.1 Å². The van der Waals surface area contributed by atoms with Gasteiger partial charge >= 0.3 is 0 Å². The van der Waals surface area contributed by atoms with E-state index in [0.29, 0.717) is 11.4 Å². The van der Waals surface area contributed by atoms with E-state index in [4.69, 9.17) is 4.42 Å². The number of anilines is 3. The predicted molar refractivity (Wildman–Crippen MR) is 125 cm³/mol. The molecule has 3 N–H and O–H groups in total. The second-order valence-corrected chi connectivity index (χ2v) is 8.76. The predicted octanol–water partition coefficient (Wildman–Crippen LogP) is 4.72. The van der Waals surface area contributed by atoms with Crippen LogP contribution in [-0.2, 0) is 10.0 Å². The van der Waals surface area contributed by atoms with Crippen molar-refractivity contribution in [3.63, 3.8) is 0 Å². The Bertz CT molecular complexity index is 1440. The molecular weight excluding hydrogens is 461 g/mol. The maximum absolute atomic E-state index is 13.8. The molecule has 0 aliphatic carbocycles. The number of amides is 2. The zero-order valence-corrected chi connectivity index (χ0v) is 18.3. The zero-order chi connectivity index (χ0) is 24.1. The fraction of sp³-hybridized carbons (Fsp3) is 0. The summed E-state index contributed by atoms with van der Waals surface area (Å²) >= 11 is 0. The van der Waals surface area contributed by atoms with Gasteiger partial charge in [0.2, 0.25) is 0 Å². The molecule has 3 aromatic carbocycles. The van der Waals surface area contributed by atoms with Crippen LogP contribution in [0.5, 0.6) is 0 Å². The number of benzene rings is 3. The number of sulfonamides is 1. The van der Waals surface area contributed by atoms with Crippen LogP contribution in [0, 0.1) is 5.82 Å². The third-order valence-electron chi connectivity index (χ3n) is 4.67. The summed E-state index contributed by atoms with van der Waals surface area (Å²) in [5, 5.41) is 5.35. The Morgan fingerprint density at radius 1 is 0.765 bits per heavy atom. The lowest BCUT2D eigenvalue weighted by Gasteiger charge is -2.10. The van der Waals surface area contributed by atoms with Crippen molar-refractivity contribution in [3.05, 3.63) is 108 Å². The van der Waals surface area contributed by atoms with Crippen molar-refractivity contribution in [2.75, 3.05) is 15.4 Å². The van der Waals surface area contributed by atoms with Gasteiger partial charge in [0.15, 0.2) is 5.76 Å². The van der Waals surface area contributed by atoms with Crippen molar-refractivity contribution in [1.29, 1.82) is 0 Å². The number of halogens is 1. The molecule has 0 spiro atoms. The van der Waals surface area contributed by atoms with Gasteiger partial charge in [0.05, 0.1) is 16.8 Å². The molecule has 0 aliphatic heterocycles. The summed E-state index contributed by atoms with van der Waals surface area (Å²) in [6.45, 7) is 0. The smallest absolute Gasteiger partial charge is 0.291 e. The van der Waals surface area contributed by atoms with E-state index in [1.165, 1.54) is 54.8 Å². The highest BCUT2D eigenvalue weighted by molar-refractivity contribution is 7.92. The first-order valence-corrected chi connectivity index (χ1v) is 11.4. The maximum Gasteiger partial charge on any atom is 0.291 e. The van der Waals surface area contributed by atoms with E-state index in [9.17, 15) is 22.4 Å². The van der Waals surface area contributed by atoms with Crippen molar-refractivity contribution < 1.29 is 26.8 Å². The summed E-state index contributed by atoms with van der Waals surface area (Å²) in [7, 11) is -4.04. The lowest BCUT2D eigenvalue weighted by molar-refractivity contribution is 0.0995. The quantitative estimate of drug-likeness (QED) is 0.354. The standard InChI is InChI=1S/C24H18FN3O5S/c25-20-7-1-2-8-21(20)28-34(31,32)19-12-10-16(11-13-19)23(29)26-17-5-3-6-18(15-17)27-24(30)22-9-4-14-33-22/h1-15,28H,(H,26,29)(H,27,30). The molecular formula is C24H18FN3O5S. The normalized spacial score (nSPS) is 11.0. The molecule has 0 atom stereocenters. The number of para-hydroxylation sites is 1. The number of carbonyl (C=O) groups excluding carboxylic acids is 2. The Morgan fingerprint density at radius 3 is 2.09 bits per heavy atom. The van der Waals surface area contributed by atoms with Gasteiger partial charge in [0.25, 0.3) is 21.8 Å². The highest BCUT2D eigenvalue weighted by Gasteiger charge is 2.17. The van der Waals surface area contributed by atoms with Crippen molar-refractivity contribution >= 4 is 38.9 Å². The monoisotopic (exact) mass is 479 g/mol. The SMILES string of the molecule is O=C(Nc1cccc(NC(=O)c2ccco2)c1)c1ccc(S(=O)(=O)Nc2ccccc2F)cc1. The Morgan fingerprint density at radius 2 is 1.44 bits per heavy atom. The van der Waals surface area contributed by atoms with Crippen molar-refractivity contribution in [2.45, 2.75) is 4.90 Å². The molecule has 0 saturated carbocycles. The average molecular weight is 479 g/mol. The van der Waals surface area contributed by atoms with Gasteiger partial charge in [-0.1, -0.05) is 18.2 Å². The molecule has 0 unspecified atom stereocenters. The summed E-state index contributed by atoms with van der Waals surface area (Å²) in [5.74, 6) is -1.48. The van der Waals surface area contributed by atoms with Gasteiger partial charge in [-0.05, 0) is 66.7 Å². The van der Waals surface area contributed by atoms with Gasteiger partial charge in [0.1, 0.15) is 5.82 Å². The number of carbonyl (C=O) groups is 2. The summed E-state index contributed by atoms with van der Waals surface area (Å²) in [5.41, 5.74) is 0.887. The van der Waals surface area contributed by atoms with Gasteiger partial charge in [-0.2, -0.15) is 0 Å². The number of rotatable bonds is 7. The van der Waals surface area contributed by atoms with E-state index in [1.807, 2.05) is 0 Å². The van der Waals surface area contributed by atoms with E-state index < -0.39 is 27.7 Å². The zero-order valence-electron chi connectivity index (χ0n) is 17.5. The topological polar surface area (TPSA) is 118 Å². The van der Waals surface area contributed by atoms with Crippen LogP contribution >= 0.6 is 0 Å². The minimum absolute atomic E-state index is 0.130. The summed E-state index contributed by atoms with van der Waals surface area (Å²) in [6, 6.07) is 20.2. The van der Waals surface area contributed by atoms with E-state index >= 15 is 0 Å². The van der Waals surface area contributed by atoms with E-state index in [-0.39, 0.29) is 21.9 Å². The maximum atomic E-state index is 13.8. The van der Waals surface area contributed by atoms with Crippen LogP contribution in [0.1, 0.15) is 20.9 Å². The summed E-state index contributed by atoms with van der Waals surface area (Å²) in [6.07, 6.45) is 1.39. The molecule has 0 aliphatic rings. The molecule has 4 rings (SSSR count). The molecule has 0 bridgehead atoms. The van der Waals surface area contributed by atoms with Crippen LogP contribution in [0.3, 0.4) is 0 Å². The first-order chi connectivity index (χ1) is 16.3. The molecule has 1 heterocycles. The second-order valence-electron chi connectivity index (χ2n) is 7.08. The van der Waals surface area contributed by atoms with E-state index in [0.717, 1.165) is 6.07 Å². The van der Waals surface area contributed by atoms with Gasteiger partial charge in [0, 0.05) is 16.9 Å². The van der Waals surface area contributed by atoms with Crippen LogP contribution in [0.15, 0.2) is 101 Å². The first kappa shape index (κ1) is 22.7. The fourth-order valence-electron chi connectivity index (χ4n) is 3.01. The largest absolute Gasteiger partial charge is 0.459 e. The lowest BCUT2D eigenvalue weighted by Crippen LogP contribution is -2.15. The van der Waals surface area contributed by atoms with E-state index in [2.05, 4.69) is 15.4 Å². The molecule has 10 heteroatoms. The number of nitrogens with one attached hydrogen (secondary N) is 3. The van der Waals surface area contributed by atoms with Gasteiger partial charge in [-0.25, -0.2) is 12.8 Å². The van der Waals surface area contributed by atoms with Crippen LogP contribution in [0.2, 0.25) is 0 Å². The van der Waals surface area contributed by atoms with Gasteiger partial charge in [-0.3, -0.25) is 14.3 Å². The van der Waals surface area contributed by atoms with Gasteiger partial charge in [-0.15, -0.1) is 0 Å². The first-order valence-electron chi connectivity index (χ1n) is 9.95. The average Bonchev–Trinajstić information content (AvgIpc) is 3.36. The second kappa shape index (κ2) is 9.59. The Labute approximate surface area is 194 Å². The van der Waals surface area contributed by atoms with Crippen molar-refractivity contribution in [2.24, 2.45) is 0 Å². The van der Waals surface area contributed by atoms with E-state index in [1.54, 1.807) is 30.3 Å². The van der Waals surface area contributed by atoms with Crippen LogP contribution < -0.4 is 15.4 Å². The lowest BCUT2D eigenvalue weighted by atomic mass is 10.2. The van der Waals surface area contributed by atoms with Crippen molar-refractivity contribution in [1.82, 2.24) is 0 Å². The molecule has 34 heavy (non-hydrogen) atoms. The number of hydrogen-bond donors (Lipinski definition) is 3. The molecule has 0 saturated heterocycles. The minimum atomic E-state index is -4.04. The van der Waals surface area contributed by atoms with Crippen LogP contribution in [-0.4, -0.2) is 20.2 Å². The molecule has 1 aromatic heterocycles. The third kappa shape index (κ3) is 5.30. The summed E-state index contributed by atoms with van der Waals surface area (Å²) < 4.78 is 46.0. The molecule has 2 amide bonds. The Kier molecular flexibility index (Phi) is 6.42. The number of furan rings is 1. The fourth-order valence-corrected chi connectivity index (χ4v) is 4.08. The Balaban J connectivity index is 1.43. The number of hydrogen-bond acceptors (Lipinski definition) is 5. The van der Waals surface area contributed by atoms with Crippen LogP contribution in [0.25, 0.3) is 0 Å². The molecule has 8 nitrogen and oxygen atoms in total. The highest BCUT2D eigenvalue weighted by Crippen LogP contribution is 2.21. The molecule has 0 fully saturated rings. The molecule has 4 aromatic rings. The Hall–Kier alpha value is -4.44.